The molecule has 0 saturated carbocycles. The zero-order valence-electron chi connectivity index (χ0n) is 6.44. The Morgan fingerprint density at radius 1 is 1.83 bits per heavy atom. The molecule has 0 aromatic heterocycles. The third-order valence-corrected chi connectivity index (χ3v) is 2.03. The molecule has 1 atom stereocenters. The fraction of sp³-hybridized carbons (Fsp3) is 0.800. The molecule has 70 valence electrons. The standard InChI is InChI=1S/C5H9BrN2O4/c1-7(5(9)10)3-4(2-6)8(11)12/h4H,2-3H2,1H3,(H,9,10). The summed E-state index contributed by atoms with van der Waals surface area (Å²) in [4.78, 5) is 20.9. The van der Waals surface area contributed by atoms with Gasteiger partial charge in [-0.1, -0.05) is 15.9 Å². The van der Waals surface area contributed by atoms with E-state index >= 15 is 0 Å². The fourth-order valence-electron chi connectivity index (χ4n) is 0.566. The summed E-state index contributed by atoms with van der Waals surface area (Å²) in [6.45, 7) is -0.104. The number of hydrogen-bond acceptors (Lipinski definition) is 3. The number of nitrogens with zero attached hydrogens (tertiary/aromatic N) is 2. The van der Waals surface area contributed by atoms with Gasteiger partial charge in [0.2, 0.25) is 6.04 Å². The molecular weight excluding hydrogens is 232 g/mol. The number of hydrogen-bond donors (Lipinski definition) is 1. The molecule has 12 heavy (non-hydrogen) atoms. The average Bonchev–Trinajstić information content (AvgIpc) is 1.98. The van der Waals surface area contributed by atoms with E-state index in [4.69, 9.17) is 5.11 Å². The highest BCUT2D eigenvalue weighted by molar-refractivity contribution is 9.09. The summed E-state index contributed by atoms with van der Waals surface area (Å²) in [5.41, 5.74) is 0. The number of amides is 1. The van der Waals surface area contributed by atoms with Crippen molar-refractivity contribution >= 4 is 22.0 Å². The predicted octanol–water partition coefficient (Wildman–Crippen LogP) is 0.636. The molecule has 0 bridgehead atoms. The summed E-state index contributed by atoms with van der Waals surface area (Å²) in [6, 6.07) is -0.883. The van der Waals surface area contributed by atoms with Gasteiger partial charge in [0.15, 0.2) is 0 Å². The second kappa shape index (κ2) is 4.91. The van der Waals surface area contributed by atoms with Crippen molar-refractivity contribution in [3.63, 3.8) is 0 Å². The summed E-state index contributed by atoms with van der Waals surface area (Å²) in [5, 5.41) is 18.8. The number of halogens is 1. The molecule has 0 rings (SSSR count). The van der Waals surface area contributed by atoms with Crippen LogP contribution in [-0.4, -0.2) is 46.0 Å². The summed E-state index contributed by atoms with van der Waals surface area (Å²) >= 11 is 2.93. The van der Waals surface area contributed by atoms with Crippen molar-refractivity contribution in [3.8, 4) is 0 Å². The van der Waals surface area contributed by atoms with Crippen LogP contribution in [0.25, 0.3) is 0 Å². The maximum absolute atomic E-state index is 10.3. The van der Waals surface area contributed by atoms with Crippen LogP contribution in [-0.2, 0) is 0 Å². The van der Waals surface area contributed by atoms with Crippen molar-refractivity contribution in [3.05, 3.63) is 10.1 Å². The van der Waals surface area contributed by atoms with Gasteiger partial charge in [0, 0.05) is 12.0 Å². The molecule has 7 heteroatoms. The molecule has 1 amide bonds. The van der Waals surface area contributed by atoms with Gasteiger partial charge in [-0.15, -0.1) is 0 Å². The minimum absolute atomic E-state index is 0.104. The highest BCUT2D eigenvalue weighted by Gasteiger charge is 2.22. The van der Waals surface area contributed by atoms with Crippen LogP contribution >= 0.6 is 15.9 Å². The van der Waals surface area contributed by atoms with Crippen molar-refractivity contribution in [2.24, 2.45) is 0 Å². The van der Waals surface area contributed by atoms with Gasteiger partial charge in [-0.05, 0) is 0 Å². The second-order valence-electron chi connectivity index (χ2n) is 2.26. The largest absolute Gasteiger partial charge is 0.465 e. The van der Waals surface area contributed by atoms with E-state index in [2.05, 4.69) is 15.9 Å². The number of carboxylic acid groups (broad SMARTS) is 1. The molecule has 0 radical (unpaired) electrons. The van der Waals surface area contributed by atoms with Gasteiger partial charge >= 0.3 is 6.09 Å². The number of carbonyl (C=O) groups is 1. The lowest BCUT2D eigenvalue weighted by Gasteiger charge is -2.14. The summed E-state index contributed by atoms with van der Waals surface area (Å²) in [7, 11) is 1.29. The zero-order valence-corrected chi connectivity index (χ0v) is 8.02. The minimum Gasteiger partial charge on any atom is -0.465 e. The maximum Gasteiger partial charge on any atom is 0.407 e. The number of rotatable bonds is 4. The van der Waals surface area contributed by atoms with Gasteiger partial charge in [0.05, 0.1) is 11.9 Å². The van der Waals surface area contributed by atoms with Crippen LogP contribution < -0.4 is 0 Å². The highest BCUT2D eigenvalue weighted by Crippen LogP contribution is 1.98. The van der Waals surface area contributed by atoms with Crippen LogP contribution in [0, 0.1) is 10.1 Å². The monoisotopic (exact) mass is 240 g/mol. The molecule has 0 aliphatic rings. The number of alkyl halides is 1. The van der Waals surface area contributed by atoms with Crippen LogP contribution in [0.15, 0.2) is 0 Å². The maximum atomic E-state index is 10.3. The van der Waals surface area contributed by atoms with E-state index < -0.39 is 17.1 Å². The molecule has 0 fully saturated rings. The molecule has 6 nitrogen and oxygen atoms in total. The summed E-state index contributed by atoms with van der Waals surface area (Å²) in [6.07, 6.45) is -1.16. The number of nitro groups is 1. The molecule has 0 spiro atoms. The quantitative estimate of drug-likeness (QED) is 0.444. The van der Waals surface area contributed by atoms with Gasteiger partial charge in [0.25, 0.3) is 0 Å². The van der Waals surface area contributed by atoms with Gasteiger partial charge in [-0.25, -0.2) is 4.79 Å². The first-order valence-electron chi connectivity index (χ1n) is 3.12. The topological polar surface area (TPSA) is 83.7 Å². The molecule has 0 saturated heterocycles. The molecule has 0 heterocycles. The van der Waals surface area contributed by atoms with Crippen molar-refractivity contribution in [1.29, 1.82) is 0 Å². The Balaban J connectivity index is 4.02. The van der Waals surface area contributed by atoms with Crippen molar-refractivity contribution in [1.82, 2.24) is 4.90 Å². The van der Waals surface area contributed by atoms with Crippen molar-refractivity contribution in [2.75, 3.05) is 18.9 Å². The van der Waals surface area contributed by atoms with E-state index in [9.17, 15) is 14.9 Å². The zero-order chi connectivity index (χ0) is 9.72. The summed E-state index contributed by atoms with van der Waals surface area (Å²) < 4.78 is 0. The third kappa shape index (κ3) is 3.51. The second-order valence-corrected chi connectivity index (χ2v) is 2.90. The van der Waals surface area contributed by atoms with Gasteiger partial charge < -0.3 is 10.0 Å². The molecule has 0 aromatic carbocycles. The average molecular weight is 241 g/mol. The third-order valence-electron chi connectivity index (χ3n) is 1.29. The lowest BCUT2D eigenvalue weighted by atomic mass is 10.3. The molecular formula is C5H9BrN2O4. The first-order valence-corrected chi connectivity index (χ1v) is 4.24. The smallest absolute Gasteiger partial charge is 0.407 e. The molecule has 0 aliphatic carbocycles. The predicted molar refractivity (Wildman–Crippen MR) is 45.2 cm³/mol. The van der Waals surface area contributed by atoms with E-state index in [1.807, 2.05) is 0 Å². The Kier molecular flexibility index (Phi) is 4.57. The van der Waals surface area contributed by atoms with Gasteiger partial charge in [-0.2, -0.15) is 0 Å². The Morgan fingerprint density at radius 3 is 2.58 bits per heavy atom. The van der Waals surface area contributed by atoms with E-state index in [0.717, 1.165) is 4.90 Å². The van der Waals surface area contributed by atoms with Gasteiger partial charge in [0.1, 0.15) is 0 Å². The van der Waals surface area contributed by atoms with E-state index in [0.29, 0.717) is 0 Å². The van der Waals surface area contributed by atoms with Crippen LogP contribution in [0.3, 0.4) is 0 Å². The normalized spacial score (nSPS) is 12.2. The van der Waals surface area contributed by atoms with E-state index in [-0.39, 0.29) is 11.9 Å². The van der Waals surface area contributed by atoms with Crippen molar-refractivity contribution in [2.45, 2.75) is 6.04 Å². The van der Waals surface area contributed by atoms with Crippen LogP contribution in [0.4, 0.5) is 4.79 Å². The first-order chi connectivity index (χ1) is 5.49. The fourth-order valence-corrected chi connectivity index (χ4v) is 1.01. The van der Waals surface area contributed by atoms with E-state index in [1.54, 1.807) is 0 Å². The molecule has 0 aliphatic heterocycles. The van der Waals surface area contributed by atoms with Crippen LogP contribution in [0.5, 0.6) is 0 Å². The highest BCUT2D eigenvalue weighted by atomic mass is 79.9. The van der Waals surface area contributed by atoms with E-state index in [1.165, 1.54) is 7.05 Å². The minimum atomic E-state index is -1.16. The lowest BCUT2D eigenvalue weighted by molar-refractivity contribution is -0.516. The first kappa shape index (κ1) is 11.2. The Labute approximate surface area is 77.4 Å². The van der Waals surface area contributed by atoms with Crippen LogP contribution in [0.1, 0.15) is 0 Å². The Morgan fingerprint density at radius 2 is 2.33 bits per heavy atom. The Bertz CT molecular complexity index is 186. The molecule has 0 aromatic rings. The number of likely N-dealkylation sites (N-methyl/N-ethyl adjacent to an activating group) is 1. The molecule has 1 N–H and O–H groups in total. The van der Waals surface area contributed by atoms with Crippen LogP contribution in [0.2, 0.25) is 0 Å². The molecule has 1 unspecified atom stereocenters. The lowest BCUT2D eigenvalue weighted by Crippen LogP contribution is -2.38. The van der Waals surface area contributed by atoms with Crippen molar-refractivity contribution < 1.29 is 14.8 Å². The Hall–Kier alpha value is -0.850. The van der Waals surface area contributed by atoms with Gasteiger partial charge in [-0.3, -0.25) is 10.1 Å². The SMILES string of the molecule is CN(CC(CBr)[N+](=O)[O-])C(=O)O. The summed E-state index contributed by atoms with van der Waals surface area (Å²) in [5.74, 6) is 0.